The van der Waals surface area contributed by atoms with Gasteiger partial charge in [-0.15, -0.1) is 0 Å². The molecule has 4 nitrogen and oxygen atoms in total. The number of thioether (sulfide) groups is 1. The number of carboxylic acids is 1. The number of carboxylic acid groups (broad SMARTS) is 1. The van der Waals surface area contributed by atoms with Gasteiger partial charge in [0.15, 0.2) is 0 Å². The molecule has 0 aliphatic heterocycles. The van der Waals surface area contributed by atoms with Gasteiger partial charge in [-0.2, -0.15) is 11.8 Å². The highest BCUT2D eigenvalue weighted by Gasteiger charge is 2.41. The molecule has 1 fully saturated rings. The van der Waals surface area contributed by atoms with Crippen molar-refractivity contribution in [1.82, 2.24) is 0 Å². The Morgan fingerprint density at radius 1 is 1.07 bits per heavy atom. The summed E-state index contributed by atoms with van der Waals surface area (Å²) in [4.78, 5) is 22.9. The average molecular weight is 429 g/mol. The first-order valence-electron chi connectivity index (χ1n) is 11.7. The minimum absolute atomic E-state index is 0.114. The Bertz CT molecular complexity index is 501. The van der Waals surface area contributed by atoms with E-state index < -0.39 is 11.6 Å². The highest BCUT2D eigenvalue weighted by molar-refractivity contribution is 8.00. The van der Waals surface area contributed by atoms with Crippen LogP contribution in [0, 0.1) is 11.3 Å². The average Bonchev–Trinajstić information content (AvgIpc) is 2.99. The second-order valence-corrected chi connectivity index (χ2v) is 11.0. The number of rotatable bonds is 16. The summed E-state index contributed by atoms with van der Waals surface area (Å²) in [5.74, 6) is 0.447. The van der Waals surface area contributed by atoms with Crippen LogP contribution >= 0.6 is 11.8 Å². The topological polar surface area (TPSA) is 74.6 Å². The molecule has 2 N–H and O–H groups in total. The van der Waals surface area contributed by atoms with Crippen LogP contribution in [0.2, 0.25) is 0 Å². The summed E-state index contributed by atoms with van der Waals surface area (Å²) >= 11 is 1.80. The molecule has 5 heteroatoms. The number of aliphatic carboxylic acids is 1. The highest BCUT2D eigenvalue weighted by atomic mass is 32.2. The maximum Gasteiger partial charge on any atom is 0.303 e. The molecule has 0 aromatic rings. The lowest BCUT2D eigenvalue weighted by Crippen LogP contribution is -2.44. The van der Waals surface area contributed by atoms with Gasteiger partial charge in [0.2, 0.25) is 0 Å². The van der Waals surface area contributed by atoms with E-state index >= 15 is 0 Å². The summed E-state index contributed by atoms with van der Waals surface area (Å²) in [6.07, 6.45) is 12.3. The first kappa shape index (κ1) is 26.5. The third kappa shape index (κ3) is 9.42. The van der Waals surface area contributed by atoms with E-state index in [9.17, 15) is 14.7 Å². The molecule has 1 rings (SSSR count). The SMILES string of the molecule is CCCCCCC(C)(C)C(C)(O)CSC1CCC(=O)C1CCCCCCC(=O)O. The van der Waals surface area contributed by atoms with E-state index in [2.05, 4.69) is 20.8 Å². The second kappa shape index (κ2) is 13.0. The molecule has 29 heavy (non-hydrogen) atoms. The third-order valence-corrected chi connectivity index (χ3v) is 8.61. The molecule has 3 unspecified atom stereocenters. The predicted molar refractivity (Wildman–Crippen MR) is 122 cm³/mol. The lowest BCUT2D eigenvalue weighted by molar-refractivity contribution is -0.137. The van der Waals surface area contributed by atoms with E-state index in [4.69, 9.17) is 5.11 Å². The third-order valence-electron chi connectivity index (χ3n) is 6.89. The van der Waals surface area contributed by atoms with Crippen molar-refractivity contribution in [3.8, 4) is 0 Å². The number of ketones is 1. The first-order chi connectivity index (χ1) is 13.6. The van der Waals surface area contributed by atoms with Crippen molar-refractivity contribution < 1.29 is 19.8 Å². The predicted octanol–water partition coefficient (Wildman–Crippen LogP) is 6.24. The number of aliphatic hydroxyl groups is 1. The molecule has 0 radical (unpaired) electrons. The Labute approximate surface area is 182 Å². The Hall–Kier alpha value is -0.550. The summed E-state index contributed by atoms with van der Waals surface area (Å²) in [7, 11) is 0. The maximum atomic E-state index is 12.4. The monoisotopic (exact) mass is 428 g/mol. The molecule has 1 saturated carbocycles. The van der Waals surface area contributed by atoms with Crippen LogP contribution in [0.25, 0.3) is 0 Å². The lowest BCUT2D eigenvalue weighted by Gasteiger charge is -2.41. The van der Waals surface area contributed by atoms with Crippen molar-refractivity contribution in [3.05, 3.63) is 0 Å². The van der Waals surface area contributed by atoms with Crippen LogP contribution < -0.4 is 0 Å². The van der Waals surface area contributed by atoms with Crippen molar-refractivity contribution in [2.75, 3.05) is 5.75 Å². The van der Waals surface area contributed by atoms with Gasteiger partial charge in [0, 0.05) is 29.8 Å². The molecule has 0 amide bonds. The molecule has 170 valence electrons. The van der Waals surface area contributed by atoms with Gasteiger partial charge in [-0.1, -0.05) is 65.7 Å². The smallest absolute Gasteiger partial charge is 0.303 e. The van der Waals surface area contributed by atoms with Crippen LogP contribution in [-0.2, 0) is 9.59 Å². The molecule has 0 saturated heterocycles. The number of hydrogen-bond donors (Lipinski definition) is 2. The number of carbonyl (C=O) groups excluding carboxylic acids is 1. The Morgan fingerprint density at radius 2 is 1.72 bits per heavy atom. The normalized spacial score (nSPS) is 22.0. The van der Waals surface area contributed by atoms with E-state index in [-0.39, 0.29) is 17.8 Å². The van der Waals surface area contributed by atoms with Gasteiger partial charge >= 0.3 is 5.97 Å². The molecule has 1 aliphatic carbocycles. The van der Waals surface area contributed by atoms with Crippen LogP contribution in [-0.4, -0.2) is 38.6 Å². The number of carbonyl (C=O) groups is 2. The van der Waals surface area contributed by atoms with E-state index in [1.807, 2.05) is 6.92 Å². The summed E-state index contributed by atoms with van der Waals surface area (Å²) in [6.45, 7) is 8.53. The molecule has 0 aromatic carbocycles. The molecule has 0 aromatic heterocycles. The Kier molecular flexibility index (Phi) is 11.9. The van der Waals surface area contributed by atoms with Crippen LogP contribution in [0.4, 0.5) is 0 Å². The minimum Gasteiger partial charge on any atom is -0.481 e. The summed E-state index contributed by atoms with van der Waals surface area (Å²) in [5, 5.41) is 20.2. The Morgan fingerprint density at radius 3 is 2.38 bits per heavy atom. The van der Waals surface area contributed by atoms with Crippen LogP contribution in [0.15, 0.2) is 0 Å². The van der Waals surface area contributed by atoms with Crippen molar-refractivity contribution >= 4 is 23.5 Å². The molecule has 0 heterocycles. The van der Waals surface area contributed by atoms with Crippen LogP contribution in [0.5, 0.6) is 0 Å². The molecular formula is C24H44O4S. The zero-order chi connectivity index (χ0) is 21.9. The van der Waals surface area contributed by atoms with E-state index in [1.165, 1.54) is 19.3 Å². The van der Waals surface area contributed by atoms with E-state index in [0.717, 1.165) is 51.4 Å². The number of unbranched alkanes of at least 4 members (excludes halogenated alkanes) is 6. The zero-order valence-electron chi connectivity index (χ0n) is 19.2. The molecular weight excluding hydrogens is 384 g/mol. The lowest BCUT2D eigenvalue weighted by atomic mass is 9.73. The summed E-state index contributed by atoms with van der Waals surface area (Å²) < 4.78 is 0. The molecule has 1 aliphatic rings. The molecule has 0 spiro atoms. The van der Waals surface area contributed by atoms with Crippen molar-refractivity contribution in [3.63, 3.8) is 0 Å². The highest BCUT2D eigenvalue weighted by Crippen LogP contribution is 2.42. The Balaban J connectivity index is 2.42. The van der Waals surface area contributed by atoms with Gasteiger partial charge in [0.1, 0.15) is 5.78 Å². The fourth-order valence-corrected chi connectivity index (χ4v) is 5.88. The standard InChI is InChI=1S/C24H44O4S/c1-5-6-7-12-17-23(2,3)24(4,28)18-29-21-16-15-20(25)19(21)13-10-8-9-11-14-22(26)27/h19,21,28H,5-18H2,1-4H3,(H,26,27). The largest absolute Gasteiger partial charge is 0.481 e. The second-order valence-electron chi connectivity index (χ2n) is 9.78. The van der Waals surface area contributed by atoms with Crippen molar-refractivity contribution in [2.45, 2.75) is 122 Å². The van der Waals surface area contributed by atoms with E-state index in [1.54, 1.807) is 11.8 Å². The summed E-state index contributed by atoms with van der Waals surface area (Å²) in [5.41, 5.74) is -0.868. The van der Waals surface area contributed by atoms with E-state index in [0.29, 0.717) is 23.2 Å². The number of hydrogen-bond acceptors (Lipinski definition) is 4. The van der Waals surface area contributed by atoms with Crippen LogP contribution in [0.1, 0.15) is 111 Å². The van der Waals surface area contributed by atoms with Crippen molar-refractivity contribution in [2.24, 2.45) is 11.3 Å². The van der Waals surface area contributed by atoms with Gasteiger partial charge in [0.05, 0.1) is 5.60 Å². The molecule has 0 bridgehead atoms. The minimum atomic E-state index is -0.739. The van der Waals surface area contributed by atoms with Gasteiger partial charge < -0.3 is 10.2 Å². The fraction of sp³-hybridized carbons (Fsp3) is 0.917. The number of Topliss-reactive ketones (excluding diaryl/α,β-unsaturated/α-hetero) is 1. The van der Waals surface area contributed by atoms with Gasteiger partial charge in [-0.05, 0) is 38.0 Å². The fourth-order valence-electron chi connectivity index (χ4n) is 4.15. The van der Waals surface area contributed by atoms with Crippen LogP contribution in [0.3, 0.4) is 0 Å². The first-order valence-corrected chi connectivity index (χ1v) is 12.7. The van der Waals surface area contributed by atoms with Gasteiger partial charge in [-0.3, -0.25) is 9.59 Å². The zero-order valence-corrected chi connectivity index (χ0v) is 20.0. The van der Waals surface area contributed by atoms with Crippen molar-refractivity contribution in [1.29, 1.82) is 0 Å². The summed E-state index contributed by atoms with van der Waals surface area (Å²) in [6, 6.07) is 0. The van der Waals surface area contributed by atoms with Gasteiger partial charge in [0.25, 0.3) is 0 Å². The molecule has 3 atom stereocenters. The van der Waals surface area contributed by atoms with Gasteiger partial charge in [-0.25, -0.2) is 0 Å². The quantitative estimate of drug-likeness (QED) is 0.285. The maximum absolute atomic E-state index is 12.4.